The molecule has 3 rings (SSSR count). The monoisotopic (exact) mass is 1330 g/mol. The fraction of sp³-hybridized carbons (Fsp3) is 0.959. The van der Waals surface area contributed by atoms with Crippen LogP contribution in [-0.4, -0.2) is 193 Å². The first-order chi connectivity index (χ1) is 45.3. The zero-order valence-electron chi connectivity index (χ0n) is 58.5. The highest BCUT2D eigenvalue weighted by Gasteiger charge is 2.53. The van der Waals surface area contributed by atoms with E-state index in [2.05, 4.69) is 19.2 Å². The Labute approximate surface area is 563 Å². The van der Waals surface area contributed by atoms with E-state index in [-0.39, 0.29) is 18.9 Å². The summed E-state index contributed by atoms with van der Waals surface area (Å²) in [5.41, 5.74) is 0. The SMILES string of the molecule is CCCCCCCCCCCCCCCCCCCCCCCCCCCCCC/C=C/C(O)C(COC1OC(CO)C(OC2OC(CO)C(OC3OC(CO)C(O)C(O)C3O)C(O)C2O)C(O)C1O)NC(=O)CCCCCCCCCCCCCCCCCCCC. The summed E-state index contributed by atoms with van der Waals surface area (Å²) in [5.74, 6) is -0.268. The molecule has 0 aromatic rings. The van der Waals surface area contributed by atoms with E-state index in [1.165, 1.54) is 250 Å². The number of ether oxygens (including phenoxy) is 6. The number of aliphatic hydroxyl groups is 11. The quantitative estimate of drug-likeness (QED) is 0.0199. The van der Waals surface area contributed by atoms with Gasteiger partial charge in [-0.3, -0.25) is 4.79 Å². The van der Waals surface area contributed by atoms with Gasteiger partial charge in [0, 0.05) is 6.42 Å². The van der Waals surface area contributed by atoms with Crippen molar-refractivity contribution in [3.63, 3.8) is 0 Å². The van der Waals surface area contributed by atoms with Crippen LogP contribution in [0.3, 0.4) is 0 Å². The standard InChI is InChI=1S/C74H141NO18/c1-3-5-7-9-11-13-15-17-19-21-23-24-25-26-27-28-29-30-31-32-33-34-35-37-39-41-43-45-47-49-51-58(79)57(75-62(80)52-50-48-46-44-42-40-38-36-22-20-18-16-14-12-10-8-6-4-2)56-88-72-68(86)65(83)70(60(54-77)90-72)93-74-69(87)66(84)71(61(55-78)91-74)92-73-67(85)64(82)63(81)59(53-76)89-73/h49,51,57-61,63-74,76-79,81-87H,3-48,50,52-56H2,1-2H3,(H,75,80)/b51-49+. The molecule has 3 fully saturated rings. The van der Waals surface area contributed by atoms with Crippen LogP contribution in [0, 0.1) is 0 Å². The lowest BCUT2D eigenvalue weighted by atomic mass is 9.96. The molecule has 19 heteroatoms. The molecular weight excluding hydrogens is 1190 g/mol. The van der Waals surface area contributed by atoms with Crippen LogP contribution in [0.5, 0.6) is 0 Å². The van der Waals surface area contributed by atoms with Crippen molar-refractivity contribution in [1.82, 2.24) is 5.32 Å². The van der Waals surface area contributed by atoms with E-state index in [0.29, 0.717) is 6.42 Å². The summed E-state index contributed by atoms with van der Waals surface area (Å²) < 4.78 is 34.4. The average Bonchev–Trinajstić information content (AvgIpc) is 0.814. The molecule has 0 bridgehead atoms. The van der Waals surface area contributed by atoms with Gasteiger partial charge in [-0.15, -0.1) is 0 Å². The van der Waals surface area contributed by atoms with E-state index in [4.69, 9.17) is 28.4 Å². The Morgan fingerprint density at radius 3 is 1.01 bits per heavy atom. The molecule has 12 N–H and O–H groups in total. The zero-order valence-corrected chi connectivity index (χ0v) is 58.5. The van der Waals surface area contributed by atoms with Gasteiger partial charge in [0.25, 0.3) is 0 Å². The summed E-state index contributed by atoms with van der Waals surface area (Å²) in [6.07, 6.45) is 37.7. The number of nitrogens with one attached hydrogen (secondary N) is 1. The largest absolute Gasteiger partial charge is 0.394 e. The number of carbonyl (C=O) groups excluding carboxylic acids is 1. The molecule has 93 heavy (non-hydrogen) atoms. The van der Waals surface area contributed by atoms with Crippen molar-refractivity contribution in [2.24, 2.45) is 0 Å². The van der Waals surface area contributed by atoms with Crippen molar-refractivity contribution in [3.8, 4) is 0 Å². The molecule has 0 aliphatic carbocycles. The van der Waals surface area contributed by atoms with Gasteiger partial charge in [0.15, 0.2) is 18.9 Å². The van der Waals surface area contributed by atoms with Gasteiger partial charge >= 0.3 is 0 Å². The Kier molecular flexibility index (Phi) is 51.9. The molecule has 19 nitrogen and oxygen atoms in total. The Bertz CT molecular complexity index is 1730. The first-order valence-corrected chi connectivity index (χ1v) is 38.4. The van der Waals surface area contributed by atoms with Crippen LogP contribution in [0.2, 0.25) is 0 Å². The highest BCUT2D eigenvalue weighted by molar-refractivity contribution is 5.76. The third kappa shape index (κ3) is 37.5. The number of carbonyl (C=O) groups is 1. The Morgan fingerprint density at radius 2 is 0.667 bits per heavy atom. The molecular formula is C74H141NO18. The van der Waals surface area contributed by atoms with Gasteiger partial charge in [-0.2, -0.15) is 0 Å². The average molecular weight is 1330 g/mol. The molecule has 0 aromatic carbocycles. The minimum atomic E-state index is -1.98. The van der Waals surface area contributed by atoms with Gasteiger partial charge in [-0.25, -0.2) is 0 Å². The molecule has 3 aliphatic rings. The second-order valence-electron chi connectivity index (χ2n) is 27.8. The van der Waals surface area contributed by atoms with Crippen LogP contribution in [0.1, 0.15) is 322 Å². The van der Waals surface area contributed by atoms with Crippen LogP contribution in [0.4, 0.5) is 0 Å². The van der Waals surface area contributed by atoms with Crippen LogP contribution in [0.15, 0.2) is 12.2 Å². The Balaban J connectivity index is 1.38. The molecule has 0 saturated carbocycles. The molecule has 550 valence electrons. The lowest BCUT2D eigenvalue weighted by molar-refractivity contribution is -0.379. The predicted molar refractivity (Wildman–Crippen MR) is 365 cm³/mol. The maximum Gasteiger partial charge on any atom is 0.220 e. The van der Waals surface area contributed by atoms with Crippen molar-refractivity contribution in [2.45, 2.75) is 426 Å². The number of allylic oxidation sites excluding steroid dienone is 1. The van der Waals surface area contributed by atoms with Gasteiger partial charge < -0.3 is 89.9 Å². The van der Waals surface area contributed by atoms with Gasteiger partial charge in [-0.05, 0) is 19.3 Å². The van der Waals surface area contributed by atoms with Crippen LogP contribution < -0.4 is 5.32 Å². The Hall–Kier alpha value is -1.47. The zero-order chi connectivity index (χ0) is 67.5. The number of rotatable bonds is 61. The normalized spacial score (nSPS) is 27.5. The maximum absolute atomic E-state index is 13.4. The summed E-state index contributed by atoms with van der Waals surface area (Å²) in [5, 5.41) is 121. The summed E-state index contributed by atoms with van der Waals surface area (Å²) in [4.78, 5) is 13.4. The van der Waals surface area contributed by atoms with E-state index >= 15 is 0 Å². The highest BCUT2D eigenvalue weighted by Crippen LogP contribution is 2.33. The van der Waals surface area contributed by atoms with Crippen LogP contribution in [-0.2, 0) is 33.2 Å². The van der Waals surface area contributed by atoms with E-state index < -0.39 is 124 Å². The molecule has 0 aromatic heterocycles. The number of hydrogen-bond acceptors (Lipinski definition) is 18. The van der Waals surface area contributed by atoms with Crippen molar-refractivity contribution >= 4 is 5.91 Å². The van der Waals surface area contributed by atoms with Crippen molar-refractivity contribution < 1.29 is 89.4 Å². The van der Waals surface area contributed by atoms with Gasteiger partial charge in [0.1, 0.15) is 73.2 Å². The maximum atomic E-state index is 13.4. The summed E-state index contributed by atoms with van der Waals surface area (Å²) in [6.45, 7) is 1.79. The number of amides is 1. The van der Waals surface area contributed by atoms with Crippen LogP contribution in [0.25, 0.3) is 0 Å². The van der Waals surface area contributed by atoms with Crippen LogP contribution >= 0.6 is 0 Å². The smallest absolute Gasteiger partial charge is 0.220 e. The van der Waals surface area contributed by atoms with Gasteiger partial charge in [-0.1, -0.05) is 309 Å². The minimum absolute atomic E-state index is 0.250. The summed E-state index contributed by atoms with van der Waals surface area (Å²) in [6, 6.07) is -0.969. The number of unbranched alkanes of at least 4 members (excludes halogenated alkanes) is 45. The number of hydrogen-bond donors (Lipinski definition) is 12. The van der Waals surface area contributed by atoms with Crippen molar-refractivity contribution in [3.05, 3.63) is 12.2 Å². The first-order valence-electron chi connectivity index (χ1n) is 38.4. The topological polar surface area (TPSA) is 307 Å². The molecule has 17 unspecified atom stereocenters. The predicted octanol–water partition coefficient (Wildman–Crippen LogP) is 11.6. The van der Waals surface area contributed by atoms with E-state index in [0.717, 1.165) is 44.9 Å². The molecule has 3 aliphatic heterocycles. The molecule has 0 spiro atoms. The third-order valence-electron chi connectivity index (χ3n) is 19.6. The number of aliphatic hydroxyl groups excluding tert-OH is 11. The van der Waals surface area contributed by atoms with E-state index in [9.17, 15) is 61.0 Å². The van der Waals surface area contributed by atoms with E-state index in [1.807, 2.05) is 6.08 Å². The van der Waals surface area contributed by atoms with E-state index in [1.54, 1.807) is 6.08 Å². The fourth-order valence-electron chi connectivity index (χ4n) is 13.4. The van der Waals surface area contributed by atoms with Crippen molar-refractivity contribution in [1.29, 1.82) is 0 Å². The lowest BCUT2D eigenvalue weighted by Gasteiger charge is -2.48. The fourth-order valence-corrected chi connectivity index (χ4v) is 13.4. The molecule has 3 saturated heterocycles. The first kappa shape index (κ1) is 85.8. The third-order valence-corrected chi connectivity index (χ3v) is 19.6. The molecule has 3 heterocycles. The molecule has 0 radical (unpaired) electrons. The molecule has 1 amide bonds. The molecule has 17 atom stereocenters. The highest BCUT2D eigenvalue weighted by atomic mass is 16.8. The summed E-state index contributed by atoms with van der Waals surface area (Å²) in [7, 11) is 0. The second-order valence-corrected chi connectivity index (χ2v) is 27.8. The summed E-state index contributed by atoms with van der Waals surface area (Å²) >= 11 is 0. The second kappa shape index (κ2) is 56.3. The van der Waals surface area contributed by atoms with Gasteiger partial charge in [0.2, 0.25) is 5.91 Å². The van der Waals surface area contributed by atoms with Crippen molar-refractivity contribution in [2.75, 3.05) is 26.4 Å². The lowest BCUT2D eigenvalue weighted by Crippen LogP contribution is -2.66. The minimum Gasteiger partial charge on any atom is -0.394 e. The Morgan fingerprint density at radius 1 is 0.376 bits per heavy atom. The van der Waals surface area contributed by atoms with Gasteiger partial charge in [0.05, 0.1) is 38.6 Å².